The fourth-order valence-electron chi connectivity index (χ4n) is 1.68. The summed E-state index contributed by atoms with van der Waals surface area (Å²) in [6, 6.07) is 7.35. The Morgan fingerprint density at radius 3 is 2.70 bits per heavy atom. The number of nitrogens with zero attached hydrogens (tertiary/aromatic N) is 1. The van der Waals surface area contributed by atoms with Crippen molar-refractivity contribution in [3.05, 3.63) is 29.8 Å². The van der Waals surface area contributed by atoms with Crippen molar-refractivity contribution >= 4 is 5.91 Å². The number of amides is 1. The molecule has 5 nitrogen and oxygen atoms in total. The van der Waals surface area contributed by atoms with Crippen molar-refractivity contribution in [1.29, 1.82) is 0 Å². The van der Waals surface area contributed by atoms with E-state index in [1.54, 1.807) is 6.07 Å². The first kappa shape index (κ1) is 16.5. The van der Waals surface area contributed by atoms with Crippen molar-refractivity contribution in [2.45, 2.75) is 6.42 Å². The van der Waals surface area contributed by atoms with Crippen molar-refractivity contribution < 1.29 is 9.53 Å². The molecule has 0 spiro atoms. The van der Waals surface area contributed by atoms with Gasteiger partial charge in [0.15, 0.2) is 0 Å². The number of hydrogen-bond donors (Lipinski definition) is 2. The molecule has 1 aromatic carbocycles. The van der Waals surface area contributed by atoms with Crippen LogP contribution in [0.4, 0.5) is 0 Å². The first-order valence-corrected chi connectivity index (χ1v) is 6.94. The largest absolute Gasteiger partial charge is 0.491 e. The van der Waals surface area contributed by atoms with Gasteiger partial charge in [0.1, 0.15) is 12.4 Å². The zero-order chi connectivity index (χ0) is 14.8. The maximum atomic E-state index is 12.1. The number of nitrogens with one attached hydrogen (secondary N) is 2. The van der Waals surface area contributed by atoms with E-state index < -0.39 is 0 Å². The van der Waals surface area contributed by atoms with Gasteiger partial charge in [-0.05, 0) is 46.2 Å². The molecule has 0 aliphatic carbocycles. The predicted molar refractivity (Wildman–Crippen MR) is 81.4 cm³/mol. The van der Waals surface area contributed by atoms with E-state index in [9.17, 15) is 4.79 Å². The molecule has 0 aliphatic heterocycles. The third kappa shape index (κ3) is 6.04. The number of likely N-dealkylation sites (N-methyl/N-ethyl adjacent to an activating group) is 1. The van der Waals surface area contributed by atoms with E-state index in [1.807, 2.05) is 44.2 Å². The number of carbonyl (C=O) groups is 1. The molecule has 0 fully saturated rings. The van der Waals surface area contributed by atoms with E-state index in [4.69, 9.17) is 4.74 Å². The number of hydrogen-bond acceptors (Lipinski definition) is 4. The van der Waals surface area contributed by atoms with E-state index in [0.29, 0.717) is 24.5 Å². The first-order valence-electron chi connectivity index (χ1n) is 6.94. The summed E-state index contributed by atoms with van der Waals surface area (Å²) in [6.45, 7) is 2.93. The Morgan fingerprint density at radius 1 is 1.25 bits per heavy atom. The topological polar surface area (TPSA) is 53.6 Å². The average Bonchev–Trinajstić information content (AvgIpc) is 2.43. The summed E-state index contributed by atoms with van der Waals surface area (Å²) >= 11 is 0. The van der Waals surface area contributed by atoms with Gasteiger partial charge >= 0.3 is 0 Å². The van der Waals surface area contributed by atoms with Gasteiger partial charge in [-0.15, -0.1) is 0 Å². The molecule has 0 atom stereocenters. The zero-order valence-electron chi connectivity index (χ0n) is 12.6. The van der Waals surface area contributed by atoms with Crippen LogP contribution in [0.1, 0.15) is 16.8 Å². The van der Waals surface area contributed by atoms with Gasteiger partial charge in [-0.25, -0.2) is 0 Å². The lowest BCUT2D eigenvalue weighted by molar-refractivity contribution is 0.0949. The molecule has 2 N–H and O–H groups in total. The van der Waals surface area contributed by atoms with Crippen LogP contribution in [0.25, 0.3) is 0 Å². The van der Waals surface area contributed by atoms with Crippen molar-refractivity contribution in [2.24, 2.45) is 0 Å². The summed E-state index contributed by atoms with van der Waals surface area (Å²) in [5.74, 6) is 0.557. The minimum atomic E-state index is -0.0819. The lowest BCUT2D eigenvalue weighted by atomic mass is 10.2. The number of rotatable bonds is 9. The highest BCUT2D eigenvalue weighted by Crippen LogP contribution is 2.17. The van der Waals surface area contributed by atoms with Crippen LogP contribution in [0.15, 0.2) is 24.3 Å². The number of para-hydroxylation sites is 1. The molecule has 0 unspecified atom stereocenters. The van der Waals surface area contributed by atoms with E-state index in [1.165, 1.54) is 0 Å². The summed E-state index contributed by atoms with van der Waals surface area (Å²) in [5.41, 5.74) is 0.593. The molecule has 20 heavy (non-hydrogen) atoms. The van der Waals surface area contributed by atoms with Gasteiger partial charge in [0.05, 0.1) is 5.56 Å². The van der Waals surface area contributed by atoms with Crippen LogP contribution in [0.5, 0.6) is 5.75 Å². The van der Waals surface area contributed by atoms with Crippen LogP contribution in [0, 0.1) is 0 Å². The molecular formula is C15H25N3O2. The quantitative estimate of drug-likeness (QED) is 0.661. The maximum Gasteiger partial charge on any atom is 0.255 e. The van der Waals surface area contributed by atoms with Gasteiger partial charge in [-0.2, -0.15) is 0 Å². The highest BCUT2D eigenvalue weighted by molar-refractivity contribution is 5.96. The Labute approximate surface area is 121 Å². The minimum Gasteiger partial charge on any atom is -0.491 e. The molecule has 112 valence electrons. The highest BCUT2D eigenvalue weighted by Gasteiger charge is 2.11. The lowest BCUT2D eigenvalue weighted by Gasteiger charge is -2.14. The molecule has 0 aromatic heterocycles. The molecule has 1 aromatic rings. The monoisotopic (exact) mass is 279 g/mol. The van der Waals surface area contributed by atoms with Crippen LogP contribution in [0.2, 0.25) is 0 Å². The van der Waals surface area contributed by atoms with Crippen LogP contribution in [-0.4, -0.2) is 58.2 Å². The second-order valence-electron chi connectivity index (χ2n) is 4.86. The van der Waals surface area contributed by atoms with Crippen LogP contribution >= 0.6 is 0 Å². The number of ether oxygens (including phenoxy) is 1. The summed E-state index contributed by atoms with van der Waals surface area (Å²) in [7, 11) is 5.88. The van der Waals surface area contributed by atoms with Crippen LogP contribution in [0.3, 0.4) is 0 Å². The third-order valence-electron chi connectivity index (χ3n) is 2.82. The van der Waals surface area contributed by atoms with Gasteiger partial charge < -0.3 is 20.3 Å². The maximum absolute atomic E-state index is 12.1. The summed E-state index contributed by atoms with van der Waals surface area (Å²) in [6.07, 6.45) is 0.909. The Bertz CT molecular complexity index is 408. The van der Waals surface area contributed by atoms with Gasteiger partial charge in [-0.3, -0.25) is 4.79 Å². The molecular weight excluding hydrogens is 254 g/mol. The highest BCUT2D eigenvalue weighted by atomic mass is 16.5. The lowest BCUT2D eigenvalue weighted by Crippen LogP contribution is -2.27. The number of benzene rings is 1. The predicted octanol–water partition coefficient (Wildman–Crippen LogP) is 0.966. The number of carbonyl (C=O) groups excluding carboxylic acids is 1. The van der Waals surface area contributed by atoms with Crippen molar-refractivity contribution in [1.82, 2.24) is 15.5 Å². The van der Waals surface area contributed by atoms with Gasteiger partial charge in [0.2, 0.25) is 0 Å². The van der Waals surface area contributed by atoms with E-state index >= 15 is 0 Å². The Kier molecular flexibility index (Phi) is 7.69. The third-order valence-corrected chi connectivity index (χ3v) is 2.82. The van der Waals surface area contributed by atoms with Crippen molar-refractivity contribution in [3.63, 3.8) is 0 Å². The molecule has 0 bridgehead atoms. The standard InChI is InChI=1S/C15H25N3O2/c1-16-9-6-10-17-15(19)13-7-4-5-8-14(13)20-12-11-18(2)3/h4-5,7-8,16H,6,9-12H2,1-3H3,(H,17,19). The average molecular weight is 279 g/mol. The fourth-order valence-corrected chi connectivity index (χ4v) is 1.68. The molecule has 0 radical (unpaired) electrons. The molecule has 0 saturated heterocycles. The molecule has 0 saturated carbocycles. The fraction of sp³-hybridized carbons (Fsp3) is 0.533. The Morgan fingerprint density at radius 2 is 2.00 bits per heavy atom. The molecule has 0 heterocycles. The Balaban J connectivity index is 2.53. The van der Waals surface area contributed by atoms with Crippen molar-refractivity contribution in [2.75, 3.05) is 47.4 Å². The summed E-state index contributed by atoms with van der Waals surface area (Å²) < 4.78 is 5.68. The normalized spacial score (nSPS) is 10.6. The summed E-state index contributed by atoms with van der Waals surface area (Å²) in [4.78, 5) is 14.1. The minimum absolute atomic E-state index is 0.0819. The molecule has 1 amide bonds. The van der Waals surface area contributed by atoms with E-state index in [-0.39, 0.29) is 5.91 Å². The van der Waals surface area contributed by atoms with Gasteiger partial charge in [-0.1, -0.05) is 12.1 Å². The zero-order valence-corrected chi connectivity index (χ0v) is 12.6. The second kappa shape index (κ2) is 9.34. The SMILES string of the molecule is CNCCCNC(=O)c1ccccc1OCCN(C)C. The second-order valence-corrected chi connectivity index (χ2v) is 4.86. The van der Waals surface area contributed by atoms with E-state index in [0.717, 1.165) is 19.5 Å². The Hall–Kier alpha value is -1.59. The summed E-state index contributed by atoms with van der Waals surface area (Å²) in [5, 5.41) is 5.95. The van der Waals surface area contributed by atoms with Gasteiger partial charge in [0, 0.05) is 13.1 Å². The van der Waals surface area contributed by atoms with Crippen LogP contribution in [-0.2, 0) is 0 Å². The molecule has 0 aliphatic rings. The first-order chi connectivity index (χ1) is 9.65. The van der Waals surface area contributed by atoms with Gasteiger partial charge in [0.25, 0.3) is 5.91 Å². The van der Waals surface area contributed by atoms with E-state index in [2.05, 4.69) is 10.6 Å². The molecule has 5 heteroatoms. The van der Waals surface area contributed by atoms with Crippen molar-refractivity contribution in [3.8, 4) is 5.75 Å². The van der Waals surface area contributed by atoms with Crippen LogP contribution < -0.4 is 15.4 Å². The smallest absolute Gasteiger partial charge is 0.255 e. The molecule has 1 rings (SSSR count).